The van der Waals surface area contributed by atoms with Crippen molar-refractivity contribution in [2.75, 3.05) is 0 Å². The summed E-state index contributed by atoms with van der Waals surface area (Å²) in [7, 11) is 0. The van der Waals surface area contributed by atoms with E-state index in [0.717, 1.165) is 11.8 Å². The second-order valence-corrected chi connectivity index (χ2v) is 5.70. The van der Waals surface area contributed by atoms with Gasteiger partial charge in [0.05, 0.1) is 6.10 Å². The zero-order valence-electron chi connectivity index (χ0n) is 11.6. The highest BCUT2D eigenvalue weighted by atomic mass is 16.4. The maximum absolute atomic E-state index is 9.82. The summed E-state index contributed by atoms with van der Waals surface area (Å²) in [4.78, 5) is 19.1. The van der Waals surface area contributed by atoms with Crippen molar-refractivity contribution in [3.05, 3.63) is 12.2 Å². The number of aliphatic hydroxyl groups excluding tert-OH is 1. The van der Waals surface area contributed by atoms with E-state index in [1.54, 1.807) is 0 Å². The van der Waals surface area contributed by atoms with Crippen molar-refractivity contribution in [1.82, 2.24) is 0 Å². The Kier molecular flexibility index (Phi) is 6.16. The number of carboxylic acids is 2. The summed E-state index contributed by atoms with van der Waals surface area (Å²) in [6.45, 7) is 1.91. The molecule has 6 heteroatoms. The molecule has 0 aromatic rings. The lowest BCUT2D eigenvalue weighted by atomic mass is 9.82. The molecule has 0 saturated heterocycles. The Labute approximate surface area is 118 Å². The molecule has 20 heavy (non-hydrogen) atoms. The summed E-state index contributed by atoms with van der Waals surface area (Å²) in [5, 5.41) is 25.4. The molecule has 5 N–H and O–H groups in total. The van der Waals surface area contributed by atoms with Gasteiger partial charge in [-0.25, -0.2) is 9.59 Å². The largest absolute Gasteiger partial charge is 0.478 e. The van der Waals surface area contributed by atoms with E-state index in [1.165, 1.54) is 25.7 Å². The lowest BCUT2D eigenvalue weighted by Gasteiger charge is -2.28. The average Bonchev–Trinajstić information content (AvgIpc) is 2.98. The summed E-state index contributed by atoms with van der Waals surface area (Å²) in [5.74, 6) is -0.298. The van der Waals surface area contributed by atoms with Crippen molar-refractivity contribution in [3.63, 3.8) is 0 Å². The molecule has 2 saturated carbocycles. The van der Waals surface area contributed by atoms with Gasteiger partial charge in [-0.3, -0.25) is 0 Å². The van der Waals surface area contributed by atoms with Crippen LogP contribution >= 0.6 is 0 Å². The minimum Gasteiger partial charge on any atom is -0.478 e. The number of carbonyl (C=O) groups is 2. The second kappa shape index (κ2) is 7.40. The highest BCUT2D eigenvalue weighted by Gasteiger charge is 2.43. The van der Waals surface area contributed by atoms with Crippen molar-refractivity contribution in [2.24, 2.45) is 23.5 Å². The number of aliphatic carboxylic acids is 2. The van der Waals surface area contributed by atoms with Crippen LogP contribution in [0.1, 0.15) is 32.6 Å². The number of aliphatic hydroxyl groups is 1. The maximum Gasteiger partial charge on any atom is 0.328 e. The van der Waals surface area contributed by atoms with Gasteiger partial charge in [0, 0.05) is 18.2 Å². The van der Waals surface area contributed by atoms with Crippen LogP contribution in [0.2, 0.25) is 0 Å². The zero-order chi connectivity index (χ0) is 15.3. The van der Waals surface area contributed by atoms with Gasteiger partial charge in [-0.15, -0.1) is 0 Å². The number of hydrogen-bond acceptors (Lipinski definition) is 4. The SMILES string of the molecule is CC(N)C(O)C1CC2CCC1C2.O=C(O)/C=C\C(=O)O. The Hall–Kier alpha value is -1.40. The topological polar surface area (TPSA) is 121 Å². The van der Waals surface area contributed by atoms with Crippen molar-refractivity contribution in [2.45, 2.75) is 44.8 Å². The van der Waals surface area contributed by atoms with E-state index in [1.807, 2.05) is 6.92 Å². The van der Waals surface area contributed by atoms with Gasteiger partial charge in [0.25, 0.3) is 0 Å². The molecule has 0 aromatic carbocycles. The minimum absolute atomic E-state index is 0.0469. The van der Waals surface area contributed by atoms with E-state index in [9.17, 15) is 14.7 Å². The molecule has 5 atom stereocenters. The van der Waals surface area contributed by atoms with E-state index in [-0.39, 0.29) is 12.1 Å². The molecule has 0 aliphatic heterocycles. The summed E-state index contributed by atoms with van der Waals surface area (Å²) >= 11 is 0. The number of fused-ring (bicyclic) bond motifs is 2. The number of carboxylic acid groups (broad SMARTS) is 2. The Bertz CT molecular complexity index is 364. The van der Waals surface area contributed by atoms with Gasteiger partial charge in [0.15, 0.2) is 0 Å². The summed E-state index contributed by atoms with van der Waals surface area (Å²) < 4.78 is 0. The fraction of sp³-hybridized carbons (Fsp3) is 0.714. The molecule has 2 rings (SSSR count). The molecule has 114 valence electrons. The monoisotopic (exact) mass is 285 g/mol. The molecule has 2 bridgehead atoms. The Balaban J connectivity index is 0.000000221. The van der Waals surface area contributed by atoms with Gasteiger partial charge in [0.2, 0.25) is 0 Å². The average molecular weight is 285 g/mol. The molecule has 2 fully saturated rings. The van der Waals surface area contributed by atoms with Gasteiger partial charge in [-0.1, -0.05) is 6.42 Å². The first-order chi connectivity index (χ1) is 9.31. The third-order valence-corrected chi connectivity index (χ3v) is 4.14. The molecule has 5 unspecified atom stereocenters. The molecule has 0 amide bonds. The smallest absolute Gasteiger partial charge is 0.328 e. The lowest BCUT2D eigenvalue weighted by Crippen LogP contribution is -2.39. The quantitative estimate of drug-likeness (QED) is 0.568. The van der Waals surface area contributed by atoms with Crippen LogP contribution in [0.4, 0.5) is 0 Å². The first-order valence-corrected chi connectivity index (χ1v) is 6.88. The van der Waals surface area contributed by atoms with Gasteiger partial charge in [0.1, 0.15) is 0 Å². The Morgan fingerprint density at radius 3 is 2.00 bits per heavy atom. The Morgan fingerprint density at radius 1 is 1.15 bits per heavy atom. The molecule has 6 nitrogen and oxygen atoms in total. The van der Waals surface area contributed by atoms with Gasteiger partial charge < -0.3 is 21.1 Å². The van der Waals surface area contributed by atoms with Crippen molar-refractivity contribution in [1.29, 1.82) is 0 Å². The summed E-state index contributed by atoms with van der Waals surface area (Å²) in [5.41, 5.74) is 5.70. The van der Waals surface area contributed by atoms with Crippen LogP contribution < -0.4 is 5.73 Å². The van der Waals surface area contributed by atoms with E-state index >= 15 is 0 Å². The maximum atomic E-state index is 9.82. The van der Waals surface area contributed by atoms with Gasteiger partial charge in [-0.2, -0.15) is 0 Å². The molecule has 0 heterocycles. The van der Waals surface area contributed by atoms with E-state index < -0.39 is 11.9 Å². The molecule has 0 aromatic heterocycles. The molecule has 2 aliphatic carbocycles. The molecule has 2 aliphatic rings. The minimum atomic E-state index is -1.26. The highest BCUT2D eigenvalue weighted by molar-refractivity contribution is 5.89. The molecule has 0 spiro atoms. The third kappa shape index (κ3) is 4.94. The van der Waals surface area contributed by atoms with Crippen LogP contribution in [0.15, 0.2) is 12.2 Å². The number of rotatable bonds is 4. The van der Waals surface area contributed by atoms with Crippen LogP contribution in [0.25, 0.3) is 0 Å². The molecular weight excluding hydrogens is 262 g/mol. The predicted molar refractivity (Wildman–Crippen MR) is 73.0 cm³/mol. The van der Waals surface area contributed by atoms with E-state index in [2.05, 4.69) is 0 Å². The van der Waals surface area contributed by atoms with Crippen molar-refractivity contribution >= 4 is 11.9 Å². The van der Waals surface area contributed by atoms with Crippen LogP contribution in [0.5, 0.6) is 0 Å². The fourth-order valence-electron chi connectivity index (χ4n) is 3.24. The Morgan fingerprint density at radius 2 is 1.70 bits per heavy atom. The second-order valence-electron chi connectivity index (χ2n) is 5.70. The van der Waals surface area contributed by atoms with Crippen LogP contribution in [-0.4, -0.2) is 39.4 Å². The van der Waals surface area contributed by atoms with Gasteiger partial charge >= 0.3 is 11.9 Å². The predicted octanol–water partition coefficient (Wildman–Crippen LogP) is 0.842. The van der Waals surface area contributed by atoms with Crippen LogP contribution in [0, 0.1) is 17.8 Å². The molecule has 0 radical (unpaired) electrons. The highest BCUT2D eigenvalue weighted by Crippen LogP contribution is 2.49. The van der Waals surface area contributed by atoms with Crippen LogP contribution in [-0.2, 0) is 9.59 Å². The first kappa shape index (κ1) is 16.7. The summed E-state index contributed by atoms with van der Waals surface area (Å²) in [6.07, 6.45) is 6.18. The standard InChI is InChI=1S/C10H19NO.C4H4O4/c1-6(11)10(12)9-5-7-2-3-8(9)4-7;5-3(6)1-2-4(7)8/h6-10,12H,2-5,11H2,1H3;1-2H,(H,5,6)(H,7,8)/b;2-1-. The summed E-state index contributed by atoms with van der Waals surface area (Å²) in [6, 6.07) is -0.0469. The van der Waals surface area contributed by atoms with Crippen LogP contribution in [0.3, 0.4) is 0 Å². The zero-order valence-corrected chi connectivity index (χ0v) is 11.6. The van der Waals surface area contributed by atoms with E-state index in [0.29, 0.717) is 18.1 Å². The molecular formula is C14H23NO5. The normalized spacial score (nSPS) is 30.6. The third-order valence-electron chi connectivity index (χ3n) is 4.14. The van der Waals surface area contributed by atoms with Crippen molar-refractivity contribution < 1.29 is 24.9 Å². The van der Waals surface area contributed by atoms with Gasteiger partial charge in [-0.05, 0) is 43.9 Å². The van der Waals surface area contributed by atoms with Crippen molar-refractivity contribution in [3.8, 4) is 0 Å². The first-order valence-electron chi connectivity index (χ1n) is 6.88. The fourth-order valence-corrected chi connectivity index (χ4v) is 3.24. The lowest BCUT2D eigenvalue weighted by molar-refractivity contribution is -0.134. The number of nitrogens with two attached hydrogens (primary N) is 1. The van der Waals surface area contributed by atoms with E-state index in [4.69, 9.17) is 15.9 Å². The number of hydrogen-bond donors (Lipinski definition) is 4.